The minimum absolute atomic E-state index is 0.196. The van der Waals surface area contributed by atoms with Gasteiger partial charge in [-0.05, 0) is 154 Å². The summed E-state index contributed by atoms with van der Waals surface area (Å²) in [6.45, 7) is -0.407. The number of para-hydroxylation sites is 7. The number of anilines is 15. The Balaban J connectivity index is 0.942. The molecule has 14 aromatic carbocycles. The first-order chi connectivity index (χ1) is 46.7. The molecular formula is C84H53B2N5OS2. The molecule has 0 bridgehead atoms. The molecule has 0 saturated heterocycles. The zero-order valence-corrected chi connectivity index (χ0v) is 52.3. The van der Waals surface area contributed by atoms with E-state index in [0.29, 0.717) is 0 Å². The second kappa shape index (κ2) is 21.0. The zero-order valence-electron chi connectivity index (χ0n) is 50.7. The van der Waals surface area contributed by atoms with Gasteiger partial charge >= 0.3 is 0 Å². The molecule has 0 amide bonds. The quantitative estimate of drug-likeness (QED) is 0.134. The van der Waals surface area contributed by atoms with E-state index < -0.39 is 0 Å². The predicted molar refractivity (Wildman–Crippen MR) is 401 cm³/mol. The summed E-state index contributed by atoms with van der Waals surface area (Å²) in [5, 5.41) is 4.98. The fourth-order valence-corrected chi connectivity index (χ4v) is 18.2. The minimum atomic E-state index is -0.211. The smallest absolute Gasteiger partial charge is 0.256 e. The summed E-state index contributed by atoms with van der Waals surface area (Å²) in [6.07, 6.45) is 0. The Morgan fingerprint density at radius 2 is 0.660 bits per heavy atom. The minimum Gasteiger partial charge on any atom is -0.458 e. The Kier molecular flexibility index (Phi) is 11.9. The highest BCUT2D eigenvalue weighted by Crippen LogP contribution is 2.54. The Hall–Kier alpha value is -11.6. The van der Waals surface area contributed by atoms with E-state index in [2.05, 4.69) is 346 Å². The first-order valence-corrected chi connectivity index (χ1v) is 33.8. The second-order valence-corrected chi connectivity index (χ2v) is 26.8. The van der Waals surface area contributed by atoms with Crippen LogP contribution in [0.1, 0.15) is 0 Å². The van der Waals surface area contributed by atoms with Crippen molar-refractivity contribution in [3.63, 3.8) is 0 Å². The maximum absolute atomic E-state index is 7.42. The number of thiophene rings is 2. The highest BCUT2D eigenvalue weighted by Gasteiger charge is 2.49. The first kappa shape index (κ1) is 53.1. The van der Waals surface area contributed by atoms with Crippen molar-refractivity contribution in [1.29, 1.82) is 0 Å². The van der Waals surface area contributed by atoms with Gasteiger partial charge in [0.15, 0.2) is 0 Å². The molecule has 0 fully saturated rings. The molecule has 4 aliphatic heterocycles. The molecular weight excluding hydrogens is 1180 g/mol. The molecule has 0 spiro atoms. The maximum atomic E-state index is 7.42. The molecule has 0 saturated carbocycles. The van der Waals surface area contributed by atoms with E-state index in [4.69, 9.17) is 4.74 Å². The molecule has 10 heteroatoms. The van der Waals surface area contributed by atoms with Gasteiger partial charge in [-0.1, -0.05) is 194 Å². The van der Waals surface area contributed by atoms with Gasteiger partial charge < -0.3 is 29.2 Å². The van der Waals surface area contributed by atoms with Crippen molar-refractivity contribution in [2.45, 2.75) is 0 Å². The van der Waals surface area contributed by atoms with Gasteiger partial charge in [-0.2, -0.15) is 0 Å². The van der Waals surface area contributed by atoms with Crippen LogP contribution >= 0.6 is 22.7 Å². The van der Waals surface area contributed by atoms with Crippen LogP contribution in [0.5, 0.6) is 11.5 Å². The highest BCUT2D eigenvalue weighted by atomic mass is 32.1. The lowest BCUT2D eigenvalue weighted by Gasteiger charge is -2.47. The highest BCUT2D eigenvalue weighted by molar-refractivity contribution is 7.27. The topological polar surface area (TPSA) is 25.4 Å². The Morgan fingerprint density at radius 3 is 1.20 bits per heavy atom. The van der Waals surface area contributed by atoms with E-state index in [1.807, 2.05) is 22.7 Å². The molecule has 0 unspecified atom stereocenters. The van der Waals surface area contributed by atoms with Crippen molar-refractivity contribution in [2.24, 2.45) is 0 Å². The molecule has 2 aromatic heterocycles. The summed E-state index contributed by atoms with van der Waals surface area (Å²) in [5.74, 6) is 1.70. The average molecular weight is 1230 g/mol. The molecule has 6 heterocycles. The van der Waals surface area contributed by atoms with Crippen molar-refractivity contribution < 1.29 is 4.74 Å². The summed E-state index contributed by atoms with van der Waals surface area (Å²) in [4.78, 5) is 12.6. The van der Waals surface area contributed by atoms with Gasteiger partial charge in [-0.15, -0.1) is 22.7 Å². The van der Waals surface area contributed by atoms with Gasteiger partial charge in [0.05, 0.1) is 32.1 Å². The lowest BCUT2D eigenvalue weighted by molar-refractivity contribution is 0.487. The van der Waals surface area contributed by atoms with Crippen molar-refractivity contribution in [1.82, 2.24) is 0 Å². The maximum Gasteiger partial charge on any atom is 0.256 e. The summed E-state index contributed by atoms with van der Waals surface area (Å²) in [7, 11) is 0. The molecule has 4 aliphatic rings. The van der Waals surface area contributed by atoms with Crippen LogP contribution in [0.2, 0.25) is 0 Å². The molecule has 0 atom stereocenters. The third-order valence-electron chi connectivity index (χ3n) is 19.6. The number of ether oxygens (including phenoxy) is 1. The van der Waals surface area contributed by atoms with Gasteiger partial charge in [0.25, 0.3) is 13.4 Å². The fraction of sp³-hybridized carbons (Fsp3) is 0. The van der Waals surface area contributed by atoms with Crippen molar-refractivity contribution in [3.05, 3.63) is 322 Å². The van der Waals surface area contributed by atoms with Crippen LogP contribution in [0.4, 0.5) is 85.3 Å². The van der Waals surface area contributed by atoms with E-state index in [0.717, 1.165) is 108 Å². The number of hydrogen-bond donors (Lipinski definition) is 0. The largest absolute Gasteiger partial charge is 0.458 e. The molecule has 16 aromatic rings. The molecule has 0 aliphatic carbocycles. The van der Waals surface area contributed by atoms with Crippen molar-refractivity contribution >= 4 is 195 Å². The first-order valence-electron chi connectivity index (χ1n) is 32.1. The summed E-state index contributed by atoms with van der Waals surface area (Å²) in [5.41, 5.74) is 23.6. The normalized spacial score (nSPS) is 13.1. The molecule has 0 radical (unpaired) electrons. The molecule has 94 heavy (non-hydrogen) atoms. The SMILES string of the molecule is c1ccc(N(c2ccccc2)c2cc3c4c(c2)N(c2cccc5c2sc2ccccc25)c2cc5c(cc2B4c2ccccc2O3)B2c3ccccc3N(c3ccccc3)c3cc(N(c4ccccc4)c4ccccc4)cc(c32)N5c2cccc3c2sc2ccccc23)cc1. The van der Waals surface area contributed by atoms with Gasteiger partial charge in [-0.3, -0.25) is 0 Å². The van der Waals surface area contributed by atoms with E-state index >= 15 is 0 Å². The van der Waals surface area contributed by atoms with Gasteiger partial charge in [-0.25, -0.2) is 0 Å². The zero-order chi connectivity index (χ0) is 61.5. The third-order valence-corrected chi connectivity index (χ3v) is 22.0. The Bertz CT molecular complexity index is 5650. The average Bonchev–Trinajstić information content (AvgIpc) is 0.801. The second-order valence-electron chi connectivity index (χ2n) is 24.7. The van der Waals surface area contributed by atoms with E-state index in [-0.39, 0.29) is 13.4 Å². The van der Waals surface area contributed by atoms with Crippen LogP contribution in [0.3, 0.4) is 0 Å². The number of nitrogens with zero attached hydrogens (tertiary/aromatic N) is 5. The lowest BCUT2D eigenvalue weighted by atomic mass is 9.30. The molecule has 438 valence electrons. The standard InChI is InChI=1S/C84H53B2N5OS2/c1-6-26-54(27-7-1)87(55-28-8-2-9-29-55)59-48-74-81-75(49-59)90(70-43-24-38-63-61-36-16-22-46-79(61)93-83(63)70)72-53-73-68(52-67(72)85(81)65-40-18-20-42-69(65)89(74)58-34-14-5-15-35-58)86-66-41-19-21-45-77(66)92-78-51-60(88(56-30-10-3-11-31-56)57-32-12-4-13-33-57)50-76(82(78)86)91(73)71-44-25-39-64-62-37-17-23-47-80(62)94-84(64)71/h1-53H. The Labute approximate surface area is 553 Å². The van der Waals surface area contributed by atoms with Crippen molar-refractivity contribution in [3.8, 4) is 11.5 Å². The van der Waals surface area contributed by atoms with Gasteiger partial charge in [0, 0.05) is 99.6 Å². The van der Waals surface area contributed by atoms with E-state index in [1.54, 1.807) is 0 Å². The van der Waals surface area contributed by atoms with Gasteiger partial charge in [0.2, 0.25) is 0 Å². The fourth-order valence-electron chi connectivity index (χ4n) is 15.8. The van der Waals surface area contributed by atoms with Crippen LogP contribution in [0.15, 0.2) is 322 Å². The number of fused-ring (bicyclic) bond motifs is 14. The van der Waals surface area contributed by atoms with Gasteiger partial charge in [0.1, 0.15) is 11.5 Å². The third kappa shape index (κ3) is 7.97. The van der Waals surface area contributed by atoms with E-state index in [9.17, 15) is 0 Å². The van der Waals surface area contributed by atoms with Crippen LogP contribution in [-0.2, 0) is 0 Å². The Morgan fingerprint density at radius 1 is 0.255 bits per heavy atom. The van der Waals surface area contributed by atoms with Crippen molar-refractivity contribution in [2.75, 3.05) is 24.5 Å². The van der Waals surface area contributed by atoms with Crippen LogP contribution in [-0.4, -0.2) is 13.4 Å². The number of hydrogen-bond acceptors (Lipinski definition) is 8. The molecule has 0 N–H and O–H groups in total. The summed E-state index contributed by atoms with van der Waals surface area (Å²) in [6, 6.07) is 119. The van der Waals surface area contributed by atoms with Crippen LogP contribution < -0.4 is 62.0 Å². The molecule has 6 nitrogen and oxygen atoms in total. The van der Waals surface area contributed by atoms with Crippen LogP contribution in [0.25, 0.3) is 40.3 Å². The monoisotopic (exact) mass is 1230 g/mol. The number of benzene rings is 14. The molecule has 20 rings (SSSR count). The lowest BCUT2D eigenvalue weighted by Crippen LogP contribution is -2.64. The van der Waals surface area contributed by atoms with E-state index in [1.165, 1.54) is 62.2 Å². The summed E-state index contributed by atoms with van der Waals surface area (Å²) < 4.78 is 12.4. The predicted octanol–water partition coefficient (Wildman–Crippen LogP) is 19.8. The number of rotatable bonds is 9. The summed E-state index contributed by atoms with van der Waals surface area (Å²) >= 11 is 3.75. The van der Waals surface area contributed by atoms with Crippen LogP contribution in [0, 0.1) is 0 Å².